The molecule has 0 saturated heterocycles. The first-order valence-electron chi connectivity index (χ1n) is 6.50. The van der Waals surface area contributed by atoms with Gasteiger partial charge in [0.2, 0.25) is 5.89 Å². The second-order valence-electron chi connectivity index (χ2n) is 4.40. The largest absolute Gasteiger partial charge is 0.452 e. The van der Waals surface area contributed by atoms with Crippen molar-refractivity contribution in [2.75, 3.05) is 0 Å². The molecule has 0 amide bonds. The molecule has 0 unspecified atom stereocenters. The van der Waals surface area contributed by atoms with Crippen LogP contribution in [0.2, 0.25) is 5.15 Å². The molecule has 2 heterocycles. The molecule has 2 aromatic heterocycles. The third-order valence-corrected chi connectivity index (χ3v) is 3.87. The number of aromatic nitrogens is 3. The summed E-state index contributed by atoms with van der Waals surface area (Å²) >= 11 is 9.24. The number of nitrogens with zero attached hydrogens (tertiary/aromatic N) is 3. The SMILES string of the molecule is O=C(OCc1nnc(-c2ccccc2Br)o1)c1cccnc1Cl. The summed E-state index contributed by atoms with van der Waals surface area (Å²) in [5.74, 6) is -0.0872. The van der Waals surface area contributed by atoms with Gasteiger partial charge in [0.25, 0.3) is 5.89 Å². The summed E-state index contributed by atoms with van der Waals surface area (Å²) in [6.07, 6.45) is 1.49. The van der Waals surface area contributed by atoms with Crippen LogP contribution in [0, 0.1) is 0 Å². The van der Waals surface area contributed by atoms with Crippen molar-refractivity contribution in [2.45, 2.75) is 6.61 Å². The molecule has 0 fully saturated rings. The second-order valence-corrected chi connectivity index (χ2v) is 5.61. The van der Waals surface area contributed by atoms with Crippen LogP contribution in [0.1, 0.15) is 16.2 Å². The standard InChI is InChI=1S/C15H9BrClN3O3/c16-11-6-2-1-4-9(11)14-20-19-12(23-14)8-22-15(21)10-5-3-7-18-13(10)17/h1-7H,8H2. The Morgan fingerprint density at radius 1 is 1.22 bits per heavy atom. The topological polar surface area (TPSA) is 78.1 Å². The van der Waals surface area contributed by atoms with Gasteiger partial charge in [-0.15, -0.1) is 10.2 Å². The fourth-order valence-corrected chi connectivity index (χ4v) is 2.45. The number of esters is 1. The highest BCUT2D eigenvalue weighted by atomic mass is 79.9. The van der Waals surface area contributed by atoms with Gasteiger partial charge in [0.1, 0.15) is 5.15 Å². The van der Waals surface area contributed by atoms with E-state index in [0.717, 1.165) is 10.0 Å². The van der Waals surface area contributed by atoms with Crippen LogP contribution < -0.4 is 0 Å². The minimum atomic E-state index is -0.608. The van der Waals surface area contributed by atoms with Gasteiger partial charge in [-0.1, -0.05) is 23.7 Å². The van der Waals surface area contributed by atoms with Crippen molar-refractivity contribution in [1.82, 2.24) is 15.2 Å². The van der Waals surface area contributed by atoms with Crippen LogP contribution in [0.5, 0.6) is 0 Å². The highest BCUT2D eigenvalue weighted by Crippen LogP contribution is 2.26. The van der Waals surface area contributed by atoms with E-state index in [1.165, 1.54) is 12.3 Å². The summed E-state index contributed by atoms with van der Waals surface area (Å²) < 4.78 is 11.4. The van der Waals surface area contributed by atoms with Crippen LogP contribution >= 0.6 is 27.5 Å². The summed E-state index contributed by atoms with van der Waals surface area (Å²) in [5.41, 5.74) is 0.938. The Kier molecular flexibility index (Phi) is 4.68. The van der Waals surface area contributed by atoms with Gasteiger partial charge in [0.15, 0.2) is 6.61 Å². The van der Waals surface area contributed by atoms with E-state index >= 15 is 0 Å². The number of pyridine rings is 1. The number of carbonyl (C=O) groups is 1. The van der Waals surface area contributed by atoms with E-state index in [9.17, 15) is 4.79 Å². The summed E-state index contributed by atoms with van der Waals surface area (Å²) in [6, 6.07) is 10.6. The molecular formula is C15H9BrClN3O3. The van der Waals surface area contributed by atoms with Crippen molar-refractivity contribution in [3.8, 4) is 11.5 Å². The van der Waals surface area contributed by atoms with E-state index in [-0.39, 0.29) is 23.2 Å². The maximum absolute atomic E-state index is 11.9. The zero-order valence-electron chi connectivity index (χ0n) is 11.6. The van der Waals surface area contributed by atoms with Crippen molar-refractivity contribution in [3.63, 3.8) is 0 Å². The fourth-order valence-electron chi connectivity index (χ4n) is 1.80. The molecule has 1 aromatic carbocycles. The van der Waals surface area contributed by atoms with Gasteiger partial charge in [0, 0.05) is 10.7 Å². The fraction of sp³-hybridized carbons (Fsp3) is 0.0667. The monoisotopic (exact) mass is 393 g/mol. The minimum absolute atomic E-state index is 0.0805. The molecule has 0 saturated carbocycles. The molecule has 0 aliphatic heterocycles. The smallest absolute Gasteiger partial charge is 0.341 e. The van der Waals surface area contributed by atoms with Crippen LogP contribution in [-0.4, -0.2) is 21.2 Å². The zero-order valence-corrected chi connectivity index (χ0v) is 13.9. The van der Waals surface area contributed by atoms with E-state index in [1.54, 1.807) is 6.07 Å². The van der Waals surface area contributed by atoms with Crippen LogP contribution in [0.4, 0.5) is 0 Å². The summed E-state index contributed by atoms with van der Waals surface area (Å²) in [4.78, 5) is 15.7. The Hall–Kier alpha value is -2.25. The maximum atomic E-state index is 11.9. The van der Waals surface area contributed by atoms with E-state index in [2.05, 4.69) is 31.1 Å². The molecule has 0 atom stereocenters. The Balaban J connectivity index is 1.70. The lowest BCUT2D eigenvalue weighted by molar-refractivity contribution is 0.0438. The number of hydrogen-bond donors (Lipinski definition) is 0. The lowest BCUT2D eigenvalue weighted by Crippen LogP contribution is -2.06. The van der Waals surface area contributed by atoms with Crippen LogP contribution in [0.15, 0.2) is 51.5 Å². The lowest BCUT2D eigenvalue weighted by atomic mass is 10.2. The first-order chi connectivity index (χ1) is 11.1. The average Bonchev–Trinajstić information content (AvgIpc) is 3.02. The third-order valence-electron chi connectivity index (χ3n) is 2.88. The van der Waals surface area contributed by atoms with Gasteiger partial charge in [-0.2, -0.15) is 0 Å². The molecule has 6 nitrogen and oxygen atoms in total. The predicted molar refractivity (Wildman–Crippen MR) is 85.8 cm³/mol. The van der Waals surface area contributed by atoms with Crippen molar-refractivity contribution in [1.29, 1.82) is 0 Å². The summed E-state index contributed by atoms with van der Waals surface area (Å²) in [5, 5.41) is 7.88. The number of benzene rings is 1. The highest BCUT2D eigenvalue weighted by Gasteiger charge is 2.15. The normalized spacial score (nSPS) is 10.5. The van der Waals surface area contributed by atoms with Crippen molar-refractivity contribution in [3.05, 3.63) is 63.7 Å². The highest BCUT2D eigenvalue weighted by molar-refractivity contribution is 9.10. The van der Waals surface area contributed by atoms with Crippen molar-refractivity contribution in [2.24, 2.45) is 0 Å². The first kappa shape index (κ1) is 15.6. The van der Waals surface area contributed by atoms with Gasteiger partial charge in [-0.05, 0) is 40.2 Å². The van der Waals surface area contributed by atoms with Crippen LogP contribution in [0.25, 0.3) is 11.5 Å². The molecule has 3 rings (SSSR count). The molecule has 0 aliphatic rings. The number of halogens is 2. The molecule has 0 spiro atoms. The van der Waals surface area contributed by atoms with E-state index in [0.29, 0.717) is 5.89 Å². The quantitative estimate of drug-likeness (QED) is 0.493. The lowest BCUT2D eigenvalue weighted by Gasteiger charge is -2.02. The Morgan fingerprint density at radius 3 is 2.83 bits per heavy atom. The summed E-state index contributed by atoms with van der Waals surface area (Å²) in [7, 11) is 0. The van der Waals surface area contributed by atoms with Crippen molar-refractivity contribution >= 4 is 33.5 Å². The molecule has 0 radical (unpaired) electrons. The Labute approximate surface area is 144 Å². The molecule has 0 aliphatic carbocycles. The number of rotatable bonds is 4. The van der Waals surface area contributed by atoms with Crippen molar-refractivity contribution < 1.29 is 13.9 Å². The van der Waals surface area contributed by atoms with Gasteiger partial charge in [-0.25, -0.2) is 9.78 Å². The molecule has 3 aromatic rings. The molecule has 23 heavy (non-hydrogen) atoms. The maximum Gasteiger partial charge on any atom is 0.341 e. The van der Waals surface area contributed by atoms with Crippen LogP contribution in [0.3, 0.4) is 0 Å². The third kappa shape index (κ3) is 3.57. The van der Waals surface area contributed by atoms with Gasteiger partial charge in [-0.3, -0.25) is 0 Å². The summed E-state index contributed by atoms with van der Waals surface area (Å²) in [6.45, 7) is -0.151. The van der Waals surface area contributed by atoms with Crippen LogP contribution in [-0.2, 0) is 11.3 Å². The molecular weight excluding hydrogens is 386 g/mol. The molecule has 8 heteroatoms. The predicted octanol–water partition coefficient (Wildman–Crippen LogP) is 3.90. The van der Waals surface area contributed by atoms with E-state index in [4.69, 9.17) is 20.8 Å². The van der Waals surface area contributed by atoms with E-state index < -0.39 is 5.97 Å². The number of ether oxygens (including phenoxy) is 1. The molecule has 0 bridgehead atoms. The van der Waals surface area contributed by atoms with Gasteiger partial charge >= 0.3 is 5.97 Å². The number of carbonyl (C=O) groups excluding carboxylic acids is 1. The average molecular weight is 395 g/mol. The Bertz CT molecular complexity index is 853. The van der Waals surface area contributed by atoms with Gasteiger partial charge in [0.05, 0.1) is 11.1 Å². The van der Waals surface area contributed by atoms with E-state index in [1.807, 2.05) is 24.3 Å². The first-order valence-corrected chi connectivity index (χ1v) is 7.67. The molecule has 116 valence electrons. The number of hydrogen-bond acceptors (Lipinski definition) is 6. The second kappa shape index (κ2) is 6.89. The Morgan fingerprint density at radius 2 is 2.04 bits per heavy atom. The zero-order chi connectivity index (χ0) is 16.2. The van der Waals surface area contributed by atoms with Gasteiger partial charge < -0.3 is 9.15 Å². The molecule has 0 N–H and O–H groups in total. The minimum Gasteiger partial charge on any atom is -0.452 e.